The Morgan fingerprint density at radius 1 is 1.33 bits per heavy atom. The summed E-state index contributed by atoms with van der Waals surface area (Å²) in [7, 11) is 0. The minimum atomic E-state index is -0.497. The molecule has 1 aliphatic heterocycles. The van der Waals surface area contributed by atoms with Crippen LogP contribution in [0.25, 0.3) is 0 Å². The van der Waals surface area contributed by atoms with E-state index >= 15 is 0 Å². The van der Waals surface area contributed by atoms with Crippen molar-refractivity contribution in [2.75, 3.05) is 13.1 Å². The fraction of sp³-hybridized carbons (Fsp3) is 0.750. The number of carbonyl (C=O) groups is 2. The molecule has 1 aliphatic carbocycles. The number of likely N-dealkylation sites (tertiary alicyclic amines) is 1. The van der Waals surface area contributed by atoms with Gasteiger partial charge in [0.1, 0.15) is 5.60 Å². The third kappa shape index (κ3) is 4.76. The minimum Gasteiger partial charge on any atom is -0.444 e. The van der Waals surface area contributed by atoms with E-state index in [1.165, 1.54) is 0 Å². The number of ether oxygens (including phenoxy) is 1. The quantitative estimate of drug-likeness (QED) is 0.851. The van der Waals surface area contributed by atoms with Crippen LogP contribution in [0.2, 0.25) is 0 Å². The van der Waals surface area contributed by atoms with Gasteiger partial charge in [-0.25, -0.2) is 4.79 Å². The smallest absolute Gasteiger partial charge is 0.407 e. The lowest BCUT2D eigenvalue weighted by atomic mass is 10.0. The third-order valence-electron chi connectivity index (χ3n) is 3.75. The average molecular weight is 294 g/mol. The van der Waals surface area contributed by atoms with Crippen molar-refractivity contribution in [1.29, 1.82) is 0 Å². The van der Waals surface area contributed by atoms with Crippen LogP contribution in [0.1, 0.15) is 52.9 Å². The van der Waals surface area contributed by atoms with Gasteiger partial charge in [0.15, 0.2) is 0 Å². The molecule has 1 saturated heterocycles. The number of nitrogens with zero attached hydrogens (tertiary/aromatic N) is 1. The van der Waals surface area contributed by atoms with Crippen molar-refractivity contribution >= 4 is 12.0 Å². The number of alkyl carbamates (subject to hydrolysis) is 1. The molecule has 118 valence electrons. The van der Waals surface area contributed by atoms with Gasteiger partial charge in [0.05, 0.1) is 0 Å². The molecule has 0 aromatic heterocycles. The first-order chi connectivity index (χ1) is 9.85. The highest BCUT2D eigenvalue weighted by Gasteiger charge is 2.28. The number of nitrogens with one attached hydrogen (secondary N) is 1. The molecular formula is C16H26N2O3. The van der Waals surface area contributed by atoms with Crippen molar-refractivity contribution in [3.05, 3.63) is 11.6 Å². The van der Waals surface area contributed by atoms with E-state index in [0.29, 0.717) is 6.54 Å². The highest BCUT2D eigenvalue weighted by atomic mass is 16.6. The molecule has 2 rings (SSSR count). The number of allylic oxidation sites excluding steroid dienone is 1. The molecule has 0 aromatic rings. The van der Waals surface area contributed by atoms with E-state index < -0.39 is 11.7 Å². The Balaban J connectivity index is 1.86. The lowest BCUT2D eigenvalue weighted by Crippen LogP contribution is -2.50. The Bertz CT molecular complexity index is 437. The van der Waals surface area contributed by atoms with E-state index in [9.17, 15) is 9.59 Å². The van der Waals surface area contributed by atoms with Gasteiger partial charge in [-0.05, 0) is 52.9 Å². The largest absolute Gasteiger partial charge is 0.444 e. The normalized spacial score (nSPS) is 22.7. The zero-order valence-electron chi connectivity index (χ0n) is 13.3. The van der Waals surface area contributed by atoms with E-state index in [1.807, 2.05) is 31.7 Å². The van der Waals surface area contributed by atoms with Gasteiger partial charge in [0.25, 0.3) is 0 Å². The van der Waals surface area contributed by atoms with Crippen LogP contribution >= 0.6 is 0 Å². The zero-order chi connectivity index (χ0) is 15.5. The highest BCUT2D eigenvalue weighted by molar-refractivity contribution is 5.93. The Morgan fingerprint density at radius 2 is 2.10 bits per heavy atom. The SMILES string of the molecule is CC(C)(C)OC(=O)N[C@@H]1CCCN(C(=O)C2=CCCC2)C1. The van der Waals surface area contributed by atoms with Gasteiger partial charge in [-0.15, -0.1) is 0 Å². The van der Waals surface area contributed by atoms with Gasteiger partial charge in [-0.2, -0.15) is 0 Å². The predicted octanol–water partition coefficient (Wildman–Crippen LogP) is 2.61. The highest BCUT2D eigenvalue weighted by Crippen LogP contribution is 2.22. The standard InChI is InChI=1S/C16H26N2O3/c1-16(2,3)21-15(20)17-13-9-6-10-18(11-13)14(19)12-7-4-5-8-12/h7,13H,4-6,8-11H2,1-3H3,(H,17,20)/t13-/m1/s1. The molecule has 21 heavy (non-hydrogen) atoms. The van der Waals surface area contributed by atoms with Crippen molar-refractivity contribution in [2.45, 2.75) is 64.5 Å². The summed E-state index contributed by atoms with van der Waals surface area (Å²) in [6.07, 6.45) is 6.43. The maximum absolute atomic E-state index is 12.4. The van der Waals surface area contributed by atoms with E-state index in [-0.39, 0.29) is 11.9 Å². The molecule has 5 heteroatoms. The molecule has 0 saturated carbocycles. The Morgan fingerprint density at radius 3 is 2.71 bits per heavy atom. The number of carbonyl (C=O) groups excluding carboxylic acids is 2. The summed E-state index contributed by atoms with van der Waals surface area (Å²) in [5.41, 5.74) is 0.441. The number of amides is 2. The second-order valence-corrected chi connectivity index (χ2v) is 6.86. The van der Waals surface area contributed by atoms with Gasteiger partial charge >= 0.3 is 6.09 Å². The average Bonchev–Trinajstić information content (AvgIpc) is 2.89. The summed E-state index contributed by atoms with van der Waals surface area (Å²) >= 11 is 0. The molecule has 2 aliphatic rings. The van der Waals surface area contributed by atoms with Crippen molar-refractivity contribution < 1.29 is 14.3 Å². The van der Waals surface area contributed by atoms with Crippen LogP contribution in [0.3, 0.4) is 0 Å². The molecule has 0 aromatic carbocycles. The Kier molecular flexibility index (Phi) is 4.91. The maximum Gasteiger partial charge on any atom is 0.407 e. The first kappa shape index (κ1) is 15.9. The zero-order valence-corrected chi connectivity index (χ0v) is 13.3. The number of rotatable bonds is 2. The second-order valence-electron chi connectivity index (χ2n) is 6.86. The van der Waals surface area contributed by atoms with E-state index in [0.717, 1.165) is 44.2 Å². The van der Waals surface area contributed by atoms with E-state index in [2.05, 4.69) is 5.32 Å². The molecule has 5 nitrogen and oxygen atoms in total. The van der Waals surface area contributed by atoms with Gasteiger partial charge < -0.3 is 15.0 Å². The van der Waals surface area contributed by atoms with Crippen LogP contribution in [0, 0.1) is 0 Å². The molecule has 0 unspecified atom stereocenters. The topological polar surface area (TPSA) is 58.6 Å². The first-order valence-corrected chi connectivity index (χ1v) is 7.83. The summed E-state index contributed by atoms with van der Waals surface area (Å²) in [6.45, 7) is 6.89. The molecule has 0 spiro atoms. The molecule has 0 radical (unpaired) electrons. The monoisotopic (exact) mass is 294 g/mol. The van der Waals surface area contributed by atoms with Gasteiger partial charge in [0.2, 0.25) is 5.91 Å². The minimum absolute atomic E-state index is 0.0143. The lowest BCUT2D eigenvalue weighted by Gasteiger charge is -2.34. The maximum atomic E-state index is 12.4. The van der Waals surface area contributed by atoms with Crippen molar-refractivity contribution in [2.24, 2.45) is 0 Å². The van der Waals surface area contributed by atoms with Crippen LogP contribution in [0.4, 0.5) is 4.79 Å². The molecule has 0 bridgehead atoms. The lowest BCUT2D eigenvalue weighted by molar-refractivity contribution is -0.128. The van der Waals surface area contributed by atoms with Crippen molar-refractivity contribution in [3.63, 3.8) is 0 Å². The van der Waals surface area contributed by atoms with Gasteiger partial charge in [-0.3, -0.25) is 4.79 Å². The summed E-state index contributed by atoms with van der Waals surface area (Å²) in [5, 5.41) is 2.88. The predicted molar refractivity (Wildman–Crippen MR) is 80.9 cm³/mol. The molecule has 1 atom stereocenters. The summed E-state index contributed by atoms with van der Waals surface area (Å²) < 4.78 is 5.27. The summed E-state index contributed by atoms with van der Waals surface area (Å²) in [6, 6.07) is -0.0143. The van der Waals surface area contributed by atoms with Crippen LogP contribution in [0.5, 0.6) is 0 Å². The fourth-order valence-electron chi connectivity index (χ4n) is 2.82. The van der Waals surface area contributed by atoms with Crippen LogP contribution in [-0.2, 0) is 9.53 Å². The number of hydrogen-bond donors (Lipinski definition) is 1. The molecule has 1 N–H and O–H groups in total. The van der Waals surface area contributed by atoms with Crippen molar-refractivity contribution in [1.82, 2.24) is 10.2 Å². The third-order valence-corrected chi connectivity index (χ3v) is 3.75. The van der Waals surface area contributed by atoms with Crippen LogP contribution in [-0.4, -0.2) is 41.6 Å². The van der Waals surface area contributed by atoms with Gasteiger partial charge in [0, 0.05) is 24.7 Å². The summed E-state index contributed by atoms with van der Waals surface area (Å²) in [5.74, 6) is 0.142. The van der Waals surface area contributed by atoms with E-state index in [1.54, 1.807) is 0 Å². The van der Waals surface area contributed by atoms with Crippen LogP contribution < -0.4 is 5.32 Å². The fourth-order valence-corrected chi connectivity index (χ4v) is 2.82. The summed E-state index contributed by atoms with van der Waals surface area (Å²) in [4.78, 5) is 26.0. The molecular weight excluding hydrogens is 268 g/mol. The Hall–Kier alpha value is -1.52. The van der Waals surface area contributed by atoms with Crippen LogP contribution in [0.15, 0.2) is 11.6 Å². The number of hydrogen-bond acceptors (Lipinski definition) is 3. The number of piperidine rings is 1. The molecule has 2 amide bonds. The first-order valence-electron chi connectivity index (χ1n) is 7.83. The second kappa shape index (κ2) is 6.50. The van der Waals surface area contributed by atoms with Crippen molar-refractivity contribution in [3.8, 4) is 0 Å². The van der Waals surface area contributed by atoms with E-state index in [4.69, 9.17) is 4.74 Å². The molecule has 1 heterocycles. The van der Waals surface area contributed by atoms with Gasteiger partial charge in [-0.1, -0.05) is 6.08 Å². The molecule has 1 fully saturated rings. The Labute approximate surface area is 126 Å².